The van der Waals surface area contributed by atoms with Gasteiger partial charge in [0, 0.05) is 9.92 Å². The lowest BCUT2D eigenvalue weighted by Gasteiger charge is -2.09. The van der Waals surface area contributed by atoms with Gasteiger partial charge in [-0.25, -0.2) is 4.98 Å². The predicted molar refractivity (Wildman–Crippen MR) is 104 cm³/mol. The number of nitrogens with zero attached hydrogens (tertiary/aromatic N) is 2. The van der Waals surface area contributed by atoms with Crippen molar-refractivity contribution in [1.29, 1.82) is 0 Å². The van der Waals surface area contributed by atoms with E-state index in [2.05, 4.69) is 4.98 Å². The summed E-state index contributed by atoms with van der Waals surface area (Å²) in [6.07, 6.45) is -2.84. The monoisotopic (exact) mass is 422 g/mol. The van der Waals surface area contributed by atoms with Crippen LogP contribution in [0.4, 0.5) is 13.2 Å². The Morgan fingerprint density at radius 2 is 1.86 bits per heavy atom. The smallest absolute Gasteiger partial charge is 0.416 e. The minimum atomic E-state index is -4.41. The maximum absolute atomic E-state index is 13.1. The molecule has 4 rings (SSSR count). The highest BCUT2D eigenvalue weighted by Gasteiger charge is 2.31. The Labute approximate surface area is 168 Å². The molecular formula is C20H14ClF3N2OS. The van der Waals surface area contributed by atoms with Crippen LogP contribution in [0.25, 0.3) is 11.0 Å². The van der Waals surface area contributed by atoms with E-state index in [1.54, 1.807) is 24.5 Å². The van der Waals surface area contributed by atoms with Gasteiger partial charge in [-0.3, -0.25) is 0 Å². The van der Waals surface area contributed by atoms with Gasteiger partial charge in [0.2, 0.25) is 0 Å². The van der Waals surface area contributed by atoms with Crippen molar-refractivity contribution >= 4 is 34.4 Å². The van der Waals surface area contributed by atoms with Crippen LogP contribution in [0.5, 0.6) is 0 Å². The molecule has 0 atom stereocenters. The Kier molecular flexibility index (Phi) is 5.12. The third-order valence-corrected chi connectivity index (χ3v) is 5.49. The zero-order chi connectivity index (χ0) is 19.7. The van der Waals surface area contributed by atoms with Crippen molar-refractivity contribution in [3.63, 3.8) is 0 Å². The molecule has 2 aromatic heterocycles. The van der Waals surface area contributed by atoms with E-state index >= 15 is 0 Å². The summed E-state index contributed by atoms with van der Waals surface area (Å²) in [6, 6.07) is 14.6. The Bertz CT molecular complexity index is 1090. The van der Waals surface area contributed by atoms with Crippen molar-refractivity contribution in [2.45, 2.75) is 23.4 Å². The van der Waals surface area contributed by atoms with Crippen molar-refractivity contribution in [1.82, 2.24) is 9.55 Å². The number of aromatic nitrogens is 2. The van der Waals surface area contributed by atoms with Crippen molar-refractivity contribution < 1.29 is 17.6 Å². The molecule has 0 aliphatic carbocycles. The molecular weight excluding hydrogens is 409 g/mol. The van der Waals surface area contributed by atoms with Crippen LogP contribution in [0, 0.1) is 0 Å². The van der Waals surface area contributed by atoms with Gasteiger partial charge in [0.15, 0.2) is 0 Å². The third kappa shape index (κ3) is 4.05. The summed E-state index contributed by atoms with van der Waals surface area (Å²) in [5, 5.41) is 0.647. The van der Waals surface area contributed by atoms with Crippen molar-refractivity contribution in [3.05, 3.63) is 83.0 Å². The summed E-state index contributed by atoms with van der Waals surface area (Å²) >= 11 is 7.45. The number of furan rings is 1. The van der Waals surface area contributed by atoms with Crippen LogP contribution < -0.4 is 0 Å². The number of rotatable bonds is 5. The van der Waals surface area contributed by atoms with E-state index in [9.17, 15) is 13.2 Å². The van der Waals surface area contributed by atoms with Crippen LogP contribution in [0.2, 0.25) is 5.02 Å². The molecule has 0 saturated heterocycles. The van der Waals surface area contributed by atoms with E-state index in [4.69, 9.17) is 16.0 Å². The summed E-state index contributed by atoms with van der Waals surface area (Å²) < 4.78 is 46.5. The fourth-order valence-electron chi connectivity index (χ4n) is 2.88. The quantitative estimate of drug-likeness (QED) is 0.338. The number of halogens is 4. The molecule has 0 aliphatic rings. The Morgan fingerprint density at radius 3 is 2.54 bits per heavy atom. The molecule has 3 nitrogen and oxygen atoms in total. The zero-order valence-corrected chi connectivity index (χ0v) is 16.0. The van der Waals surface area contributed by atoms with Gasteiger partial charge in [-0.2, -0.15) is 13.2 Å². The third-order valence-electron chi connectivity index (χ3n) is 4.23. The number of hydrogen-bond donors (Lipinski definition) is 0. The molecule has 0 N–H and O–H groups in total. The highest BCUT2D eigenvalue weighted by molar-refractivity contribution is 7.98. The van der Waals surface area contributed by atoms with E-state index in [0.717, 1.165) is 17.0 Å². The molecule has 0 saturated carbocycles. The fourth-order valence-corrected chi connectivity index (χ4v) is 3.85. The molecule has 8 heteroatoms. The lowest BCUT2D eigenvalue weighted by atomic mass is 10.2. The first-order chi connectivity index (χ1) is 13.4. The first-order valence-corrected chi connectivity index (χ1v) is 9.73. The maximum atomic E-state index is 13.1. The van der Waals surface area contributed by atoms with Crippen LogP contribution in [0.15, 0.2) is 70.2 Å². The highest BCUT2D eigenvalue weighted by atomic mass is 35.5. The molecule has 144 valence electrons. The molecule has 4 aromatic rings. The lowest BCUT2D eigenvalue weighted by molar-refractivity contribution is -0.137. The molecule has 28 heavy (non-hydrogen) atoms. The number of fused-ring (bicyclic) bond motifs is 1. The first kappa shape index (κ1) is 19.0. The van der Waals surface area contributed by atoms with Gasteiger partial charge in [0.1, 0.15) is 11.6 Å². The number of hydrogen-bond acceptors (Lipinski definition) is 3. The van der Waals surface area contributed by atoms with Crippen LogP contribution in [0.1, 0.15) is 17.1 Å². The highest BCUT2D eigenvalue weighted by Crippen LogP contribution is 2.33. The van der Waals surface area contributed by atoms with Gasteiger partial charge in [-0.15, -0.1) is 11.8 Å². The molecule has 0 unspecified atom stereocenters. The van der Waals surface area contributed by atoms with Crippen LogP contribution >= 0.6 is 23.4 Å². The molecule has 2 aromatic carbocycles. The average molecular weight is 423 g/mol. The van der Waals surface area contributed by atoms with Gasteiger partial charge < -0.3 is 8.98 Å². The molecule has 0 spiro atoms. The molecule has 0 amide bonds. The standard InChI is InChI=1S/C20H14ClF3N2OS/c21-14-4-6-16(7-5-14)28-12-19-25-17-10-13(20(22,23)24)3-8-18(17)26(19)11-15-2-1-9-27-15/h1-10H,11-12H2. The van der Waals surface area contributed by atoms with Crippen molar-refractivity contribution in [3.8, 4) is 0 Å². The SMILES string of the molecule is FC(F)(F)c1ccc2c(c1)nc(CSc1ccc(Cl)cc1)n2Cc1ccco1. The lowest BCUT2D eigenvalue weighted by Crippen LogP contribution is -2.05. The van der Waals surface area contributed by atoms with Crippen LogP contribution in [-0.4, -0.2) is 9.55 Å². The maximum Gasteiger partial charge on any atom is 0.416 e. The Morgan fingerprint density at radius 1 is 1.07 bits per heavy atom. The fraction of sp³-hybridized carbons (Fsp3) is 0.150. The second-order valence-electron chi connectivity index (χ2n) is 6.14. The summed E-state index contributed by atoms with van der Waals surface area (Å²) in [5.41, 5.74) is 0.240. The number of alkyl halides is 3. The minimum Gasteiger partial charge on any atom is -0.467 e. The van der Waals surface area contributed by atoms with Gasteiger partial charge >= 0.3 is 6.18 Å². The predicted octanol–water partition coefficient (Wildman–Crippen LogP) is 6.64. The van der Waals surface area contributed by atoms with E-state index in [1.807, 2.05) is 22.8 Å². The second-order valence-corrected chi connectivity index (χ2v) is 7.62. The number of benzene rings is 2. The van der Waals surface area contributed by atoms with Crippen LogP contribution in [-0.2, 0) is 18.5 Å². The Hall–Kier alpha value is -2.38. The van der Waals surface area contributed by atoms with Crippen molar-refractivity contribution in [2.75, 3.05) is 0 Å². The van der Waals surface area contributed by atoms with E-state index in [-0.39, 0.29) is 0 Å². The second kappa shape index (κ2) is 7.56. The largest absolute Gasteiger partial charge is 0.467 e. The van der Waals surface area contributed by atoms with Gasteiger partial charge in [-0.1, -0.05) is 11.6 Å². The molecule has 0 aliphatic heterocycles. The first-order valence-electron chi connectivity index (χ1n) is 8.37. The van der Waals surface area contributed by atoms with E-state index in [0.29, 0.717) is 39.9 Å². The topological polar surface area (TPSA) is 31.0 Å². The number of thioether (sulfide) groups is 1. The minimum absolute atomic E-state index is 0.313. The van der Waals surface area contributed by atoms with Crippen molar-refractivity contribution in [2.24, 2.45) is 0 Å². The van der Waals surface area contributed by atoms with E-state index < -0.39 is 11.7 Å². The number of imidazole rings is 1. The van der Waals surface area contributed by atoms with E-state index in [1.165, 1.54) is 17.8 Å². The van der Waals surface area contributed by atoms with Crippen LogP contribution in [0.3, 0.4) is 0 Å². The van der Waals surface area contributed by atoms with Gasteiger partial charge in [0.25, 0.3) is 0 Å². The zero-order valence-electron chi connectivity index (χ0n) is 14.4. The average Bonchev–Trinajstić information content (AvgIpc) is 3.29. The molecule has 0 fully saturated rings. The Balaban J connectivity index is 1.70. The van der Waals surface area contributed by atoms with Gasteiger partial charge in [0.05, 0.1) is 35.2 Å². The van der Waals surface area contributed by atoms with Gasteiger partial charge in [-0.05, 0) is 54.6 Å². The summed E-state index contributed by atoms with van der Waals surface area (Å²) in [6.45, 7) is 0.394. The molecule has 0 bridgehead atoms. The summed E-state index contributed by atoms with van der Waals surface area (Å²) in [5.74, 6) is 1.88. The molecule has 0 radical (unpaired) electrons. The summed E-state index contributed by atoms with van der Waals surface area (Å²) in [4.78, 5) is 5.47. The normalized spacial score (nSPS) is 12.0. The molecule has 2 heterocycles. The summed E-state index contributed by atoms with van der Waals surface area (Å²) in [7, 11) is 0.